The number of hydrogen-bond donors (Lipinski definition) is 2. The number of unbranched alkanes of at least 4 members (excludes halogenated alkanes) is 1. The maximum atomic E-state index is 12.2. The van der Waals surface area contributed by atoms with Crippen molar-refractivity contribution in [2.24, 2.45) is 5.73 Å². The summed E-state index contributed by atoms with van der Waals surface area (Å²) in [7, 11) is 0. The van der Waals surface area contributed by atoms with Crippen LogP contribution in [0.25, 0.3) is 0 Å². The largest absolute Gasteiger partial charge is 0.444 e. The van der Waals surface area contributed by atoms with E-state index in [0.29, 0.717) is 6.42 Å². The molecule has 2 rings (SSSR count). The Morgan fingerprint density at radius 2 is 1.87 bits per heavy atom. The number of primary amides is 1. The SMILES string of the molecule is CCCC[C@@H](Cc1ccc([C@H](OC(N)=O)c2cccs2)cc1)NC(=O)OC(C)(C)C. The molecular weight excluding hydrogens is 400 g/mol. The molecule has 1 aromatic heterocycles. The van der Waals surface area contributed by atoms with Crippen molar-refractivity contribution in [1.29, 1.82) is 0 Å². The summed E-state index contributed by atoms with van der Waals surface area (Å²) in [6, 6.07) is 11.7. The smallest absolute Gasteiger partial charge is 0.407 e. The lowest BCUT2D eigenvalue weighted by Gasteiger charge is -2.24. The van der Waals surface area contributed by atoms with Gasteiger partial charge in [0.2, 0.25) is 0 Å². The van der Waals surface area contributed by atoms with Gasteiger partial charge in [0.1, 0.15) is 5.60 Å². The van der Waals surface area contributed by atoms with Gasteiger partial charge in [-0.25, -0.2) is 9.59 Å². The van der Waals surface area contributed by atoms with Crippen LogP contribution in [0.1, 0.15) is 69.1 Å². The molecule has 0 saturated carbocycles. The summed E-state index contributed by atoms with van der Waals surface area (Å²) >= 11 is 1.51. The Kier molecular flexibility index (Phi) is 8.72. The third-order valence-corrected chi connectivity index (χ3v) is 5.34. The number of nitrogens with one attached hydrogen (secondary N) is 1. The van der Waals surface area contributed by atoms with Crippen molar-refractivity contribution in [1.82, 2.24) is 5.32 Å². The zero-order valence-electron chi connectivity index (χ0n) is 18.1. The first-order chi connectivity index (χ1) is 14.2. The van der Waals surface area contributed by atoms with Gasteiger partial charge in [0.05, 0.1) is 0 Å². The number of nitrogens with two attached hydrogens (primary N) is 1. The molecular formula is C23H32N2O4S. The van der Waals surface area contributed by atoms with Gasteiger partial charge in [0, 0.05) is 10.9 Å². The van der Waals surface area contributed by atoms with Crippen molar-refractivity contribution in [3.05, 3.63) is 57.8 Å². The number of hydrogen-bond acceptors (Lipinski definition) is 5. The molecule has 1 aromatic carbocycles. The minimum atomic E-state index is -0.807. The summed E-state index contributed by atoms with van der Waals surface area (Å²) in [5.74, 6) is 0. The lowest BCUT2D eigenvalue weighted by Crippen LogP contribution is -2.40. The first kappa shape index (κ1) is 23.7. The minimum absolute atomic E-state index is 0.0133. The molecule has 0 aliphatic carbocycles. The van der Waals surface area contributed by atoms with Gasteiger partial charge < -0.3 is 20.5 Å². The molecule has 6 nitrogen and oxygen atoms in total. The second-order valence-electron chi connectivity index (χ2n) is 8.26. The van der Waals surface area contributed by atoms with Gasteiger partial charge in [-0.15, -0.1) is 11.3 Å². The first-order valence-corrected chi connectivity index (χ1v) is 11.1. The molecule has 2 atom stereocenters. The number of benzene rings is 1. The average molecular weight is 433 g/mol. The van der Waals surface area contributed by atoms with Crippen molar-refractivity contribution in [3.63, 3.8) is 0 Å². The van der Waals surface area contributed by atoms with Crippen molar-refractivity contribution in [2.45, 2.75) is 71.1 Å². The summed E-state index contributed by atoms with van der Waals surface area (Å²) in [5.41, 5.74) is 6.67. The van der Waals surface area contributed by atoms with Crippen molar-refractivity contribution < 1.29 is 19.1 Å². The highest BCUT2D eigenvalue weighted by molar-refractivity contribution is 7.10. The van der Waals surface area contributed by atoms with E-state index in [1.807, 2.05) is 62.5 Å². The number of alkyl carbamates (subject to hydrolysis) is 1. The summed E-state index contributed by atoms with van der Waals surface area (Å²) in [4.78, 5) is 24.5. The van der Waals surface area contributed by atoms with E-state index >= 15 is 0 Å². The van der Waals surface area contributed by atoms with Crippen LogP contribution < -0.4 is 11.1 Å². The monoisotopic (exact) mass is 432 g/mol. The van der Waals surface area contributed by atoms with Crippen LogP contribution in [0.3, 0.4) is 0 Å². The van der Waals surface area contributed by atoms with E-state index in [2.05, 4.69) is 12.2 Å². The van der Waals surface area contributed by atoms with Crippen LogP contribution in [0.2, 0.25) is 0 Å². The van der Waals surface area contributed by atoms with Gasteiger partial charge in [0.25, 0.3) is 0 Å². The molecule has 164 valence electrons. The Hall–Kier alpha value is -2.54. The van der Waals surface area contributed by atoms with E-state index in [1.54, 1.807) is 0 Å². The molecule has 1 heterocycles. The highest BCUT2D eigenvalue weighted by atomic mass is 32.1. The quantitative estimate of drug-likeness (QED) is 0.543. The lowest BCUT2D eigenvalue weighted by atomic mass is 9.98. The molecule has 30 heavy (non-hydrogen) atoms. The maximum absolute atomic E-state index is 12.2. The summed E-state index contributed by atoms with van der Waals surface area (Å²) in [5, 5.41) is 4.93. The maximum Gasteiger partial charge on any atom is 0.407 e. The molecule has 7 heteroatoms. The normalized spacial score (nSPS) is 13.3. The van der Waals surface area contributed by atoms with Crippen LogP contribution in [0.4, 0.5) is 9.59 Å². The van der Waals surface area contributed by atoms with Gasteiger partial charge >= 0.3 is 12.2 Å². The highest BCUT2D eigenvalue weighted by Gasteiger charge is 2.21. The van der Waals surface area contributed by atoms with E-state index in [9.17, 15) is 9.59 Å². The molecule has 3 N–H and O–H groups in total. The molecule has 0 saturated heterocycles. The minimum Gasteiger partial charge on any atom is -0.444 e. The Balaban J connectivity index is 2.09. The van der Waals surface area contributed by atoms with E-state index in [0.717, 1.165) is 35.3 Å². The predicted octanol–water partition coefficient (Wildman–Crippen LogP) is 5.56. The molecule has 0 bridgehead atoms. The number of thiophene rings is 1. The van der Waals surface area contributed by atoms with Crippen LogP contribution in [0.5, 0.6) is 0 Å². The zero-order chi connectivity index (χ0) is 22.1. The van der Waals surface area contributed by atoms with Crippen LogP contribution in [0.15, 0.2) is 41.8 Å². The molecule has 0 aliphatic rings. The summed E-state index contributed by atoms with van der Waals surface area (Å²) in [6.07, 6.45) is 1.92. The van der Waals surface area contributed by atoms with Crippen LogP contribution >= 0.6 is 11.3 Å². The van der Waals surface area contributed by atoms with E-state index in [4.69, 9.17) is 15.2 Å². The molecule has 0 aliphatic heterocycles. The van der Waals surface area contributed by atoms with Gasteiger partial charge in [-0.2, -0.15) is 0 Å². The molecule has 2 amide bonds. The topological polar surface area (TPSA) is 90.6 Å². The lowest BCUT2D eigenvalue weighted by molar-refractivity contribution is 0.0501. The predicted molar refractivity (Wildman–Crippen MR) is 120 cm³/mol. The van der Waals surface area contributed by atoms with Crippen LogP contribution in [0, 0.1) is 0 Å². The second kappa shape index (κ2) is 11.0. The zero-order valence-corrected chi connectivity index (χ0v) is 19.0. The fraction of sp³-hybridized carbons (Fsp3) is 0.478. The number of ether oxygens (including phenoxy) is 2. The Labute approximate surface area is 182 Å². The third-order valence-electron chi connectivity index (χ3n) is 4.43. The fourth-order valence-corrected chi connectivity index (χ4v) is 3.89. The first-order valence-electron chi connectivity index (χ1n) is 10.3. The molecule has 0 fully saturated rings. The van der Waals surface area contributed by atoms with E-state index in [-0.39, 0.29) is 6.04 Å². The Morgan fingerprint density at radius 1 is 1.17 bits per heavy atom. The second-order valence-corrected chi connectivity index (χ2v) is 9.24. The molecule has 0 unspecified atom stereocenters. The standard InChI is InChI=1S/C23H32N2O4S/c1-5-6-8-18(25-22(27)29-23(2,3)4)15-16-10-12-17(13-11-16)20(28-21(24)26)19-9-7-14-30-19/h7,9-14,18,20H,5-6,8,15H2,1-4H3,(H2,24,26)(H,25,27)/t18-,20-/m0/s1. The number of rotatable bonds is 9. The van der Waals surface area contributed by atoms with Crippen LogP contribution in [-0.2, 0) is 15.9 Å². The summed E-state index contributed by atoms with van der Waals surface area (Å²) < 4.78 is 10.7. The fourth-order valence-electron chi connectivity index (χ4n) is 3.11. The molecule has 0 radical (unpaired) electrons. The Bertz CT molecular complexity index is 798. The van der Waals surface area contributed by atoms with Gasteiger partial charge in [0.15, 0.2) is 6.10 Å². The van der Waals surface area contributed by atoms with E-state index in [1.165, 1.54) is 11.3 Å². The van der Waals surface area contributed by atoms with Gasteiger partial charge in [-0.1, -0.05) is 50.1 Å². The third kappa shape index (κ3) is 8.06. The molecule has 2 aromatic rings. The van der Waals surface area contributed by atoms with Crippen molar-refractivity contribution in [3.8, 4) is 0 Å². The number of carbonyl (C=O) groups excluding carboxylic acids is 2. The van der Waals surface area contributed by atoms with Gasteiger partial charge in [-0.3, -0.25) is 0 Å². The average Bonchev–Trinajstić information content (AvgIpc) is 3.17. The Morgan fingerprint density at radius 3 is 2.40 bits per heavy atom. The molecule has 0 spiro atoms. The van der Waals surface area contributed by atoms with E-state index < -0.39 is 23.9 Å². The van der Waals surface area contributed by atoms with Crippen molar-refractivity contribution in [2.75, 3.05) is 0 Å². The van der Waals surface area contributed by atoms with Gasteiger partial charge in [-0.05, 0) is 56.2 Å². The summed E-state index contributed by atoms with van der Waals surface area (Å²) in [6.45, 7) is 7.68. The number of carbonyl (C=O) groups is 2. The van der Waals surface area contributed by atoms with Crippen LogP contribution in [-0.4, -0.2) is 23.8 Å². The highest BCUT2D eigenvalue weighted by Crippen LogP contribution is 2.30. The number of amides is 2. The van der Waals surface area contributed by atoms with Crippen molar-refractivity contribution >= 4 is 23.5 Å².